The van der Waals surface area contributed by atoms with E-state index in [1.807, 2.05) is 31.2 Å². The van der Waals surface area contributed by atoms with E-state index in [-0.39, 0.29) is 23.8 Å². The second-order valence-corrected chi connectivity index (χ2v) is 5.29. The molecule has 5 heteroatoms. The van der Waals surface area contributed by atoms with Crippen molar-refractivity contribution in [3.8, 4) is 0 Å². The molecule has 1 unspecified atom stereocenters. The first-order valence-electron chi connectivity index (χ1n) is 6.84. The number of fused-ring (bicyclic) bond motifs is 1. The molecule has 0 bridgehead atoms. The molecule has 2 N–H and O–H groups in total. The third kappa shape index (κ3) is 2.92. The van der Waals surface area contributed by atoms with Crippen LogP contribution in [0.15, 0.2) is 24.3 Å². The van der Waals surface area contributed by atoms with E-state index in [1.54, 1.807) is 19.0 Å². The Morgan fingerprint density at radius 3 is 2.80 bits per heavy atom. The highest BCUT2D eigenvalue weighted by molar-refractivity contribution is 5.88. The zero-order chi connectivity index (χ0) is 14.7. The predicted molar refractivity (Wildman–Crippen MR) is 78.4 cm³/mol. The van der Waals surface area contributed by atoms with Crippen molar-refractivity contribution in [1.29, 1.82) is 0 Å². The standard InChI is InChI=1S/C15H21N3O2/c1-10(14(19)16-2)9-18(3)15(20)13-8-11-6-4-5-7-12(11)17-13/h4-7,10,13,17H,8-9H2,1-3H3,(H,16,19)/t10?,13-/m0/s1. The summed E-state index contributed by atoms with van der Waals surface area (Å²) in [5, 5.41) is 5.84. The van der Waals surface area contributed by atoms with Gasteiger partial charge in [0.25, 0.3) is 0 Å². The molecule has 1 aromatic carbocycles. The summed E-state index contributed by atoms with van der Waals surface area (Å²) in [6, 6.07) is 7.72. The Hall–Kier alpha value is -2.04. The maximum Gasteiger partial charge on any atom is 0.245 e. The van der Waals surface area contributed by atoms with Gasteiger partial charge in [-0.3, -0.25) is 9.59 Å². The molecule has 1 aliphatic heterocycles. The minimum Gasteiger partial charge on any atom is -0.373 e. The molecule has 2 amide bonds. The molecule has 0 aromatic heterocycles. The predicted octanol–water partition coefficient (Wildman–Crippen LogP) is 0.864. The number of hydrogen-bond donors (Lipinski definition) is 2. The highest BCUT2D eigenvalue weighted by atomic mass is 16.2. The molecule has 1 aromatic rings. The van der Waals surface area contributed by atoms with Crippen LogP contribution in [0.5, 0.6) is 0 Å². The van der Waals surface area contributed by atoms with Gasteiger partial charge in [-0.1, -0.05) is 25.1 Å². The minimum absolute atomic E-state index is 0.0250. The maximum atomic E-state index is 12.4. The molecule has 2 atom stereocenters. The Balaban J connectivity index is 1.94. The lowest BCUT2D eigenvalue weighted by molar-refractivity contribution is -0.132. The molecule has 0 fully saturated rings. The van der Waals surface area contributed by atoms with Crippen molar-refractivity contribution in [1.82, 2.24) is 10.2 Å². The number of nitrogens with one attached hydrogen (secondary N) is 2. The van der Waals surface area contributed by atoms with E-state index < -0.39 is 0 Å². The second kappa shape index (κ2) is 5.94. The van der Waals surface area contributed by atoms with Gasteiger partial charge in [-0.15, -0.1) is 0 Å². The molecule has 0 radical (unpaired) electrons. The normalized spacial score (nSPS) is 17.9. The van der Waals surface area contributed by atoms with Crippen molar-refractivity contribution < 1.29 is 9.59 Å². The highest BCUT2D eigenvalue weighted by Gasteiger charge is 2.29. The van der Waals surface area contributed by atoms with E-state index in [1.165, 1.54) is 5.56 Å². The SMILES string of the molecule is CNC(=O)C(C)CN(C)C(=O)[C@@H]1Cc2ccccc2N1. The third-order valence-electron chi connectivity index (χ3n) is 3.69. The molecule has 0 saturated carbocycles. The number of para-hydroxylation sites is 1. The first-order chi connectivity index (χ1) is 9.52. The van der Waals surface area contributed by atoms with Gasteiger partial charge in [-0.2, -0.15) is 0 Å². The van der Waals surface area contributed by atoms with Gasteiger partial charge >= 0.3 is 0 Å². The van der Waals surface area contributed by atoms with Crippen molar-refractivity contribution in [3.63, 3.8) is 0 Å². The average molecular weight is 275 g/mol. The van der Waals surface area contributed by atoms with Crippen molar-refractivity contribution in [2.24, 2.45) is 5.92 Å². The van der Waals surface area contributed by atoms with Crippen LogP contribution in [0.25, 0.3) is 0 Å². The molecular formula is C15H21N3O2. The van der Waals surface area contributed by atoms with Gasteiger partial charge in [0.1, 0.15) is 6.04 Å². The lowest BCUT2D eigenvalue weighted by Crippen LogP contribution is -2.43. The lowest BCUT2D eigenvalue weighted by atomic mass is 10.1. The van der Waals surface area contributed by atoms with Gasteiger partial charge in [0.05, 0.1) is 5.92 Å². The Bertz CT molecular complexity index is 491. The van der Waals surface area contributed by atoms with Gasteiger partial charge in [0.15, 0.2) is 0 Å². The van der Waals surface area contributed by atoms with Gasteiger partial charge in [0.2, 0.25) is 11.8 Å². The number of nitrogens with zero attached hydrogens (tertiary/aromatic N) is 1. The zero-order valence-corrected chi connectivity index (χ0v) is 12.1. The smallest absolute Gasteiger partial charge is 0.245 e. The number of hydrogen-bond acceptors (Lipinski definition) is 3. The fourth-order valence-corrected chi connectivity index (χ4v) is 2.54. The number of benzene rings is 1. The number of likely N-dealkylation sites (N-methyl/N-ethyl adjacent to an activating group) is 1. The van der Waals surface area contributed by atoms with Crippen LogP contribution in [0, 0.1) is 5.92 Å². The Labute approximate surface area is 119 Å². The van der Waals surface area contributed by atoms with E-state index in [4.69, 9.17) is 0 Å². The number of carbonyl (C=O) groups is 2. The molecule has 2 rings (SSSR count). The summed E-state index contributed by atoms with van der Waals surface area (Å²) in [5.41, 5.74) is 2.19. The molecule has 20 heavy (non-hydrogen) atoms. The molecule has 108 valence electrons. The van der Waals surface area contributed by atoms with Gasteiger partial charge < -0.3 is 15.5 Å². The first kappa shape index (κ1) is 14.4. The number of anilines is 1. The molecule has 0 aliphatic carbocycles. The summed E-state index contributed by atoms with van der Waals surface area (Å²) in [6.45, 7) is 2.24. The number of amides is 2. The third-order valence-corrected chi connectivity index (χ3v) is 3.69. The van der Waals surface area contributed by atoms with Crippen LogP contribution in [0.1, 0.15) is 12.5 Å². The average Bonchev–Trinajstić information content (AvgIpc) is 2.89. The van der Waals surface area contributed by atoms with Gasteiger partial charge in [-0.25, -0.2) is 0 Å². The summed E-state index contributed by atoms with van der Waals surface area (Å²) in [5.74, 6) is -0.234. The van der Waals surface area contributed by atoms with Crippen LogP contribution in [0.4, 0.5) is 5.69 Å². The molecule has 0 spiro atoms. The number of rotatable bonds is 4. The molecule has 5 nitrogen and oxygen atoms in total. The minimum atomic E-state index is -0.228. The van der Waals surface area contributed by atoms with Crippen LogP contribution in [-0.2, 0) is 16.0 Å². The van der Waals surface area contributed by atoms with Crippen LogP contribution in [0.3, 0.4) is 0 Å². The fraction of sp³-hybridized carbons (Fsp3) is 0.467. The van der Waals surface area contributed by atoms with E-state index in [2.05, 4.69) is 10.6 Å². The monoisotopic (exact) mass is 275 g/mol. The summed E-state index contributed by atoms with van der Waals surface area (Å²) in [6.07, 6.45) is 0.702. The van der Waals surface area contributed by atoms with Crippen molar-refractivity contribution in [2.75, 3.05) is 26.0 Å². The quantitative estimate of drug-likeness (QED) is 0.857. The Kier molecular flexibility index (Phi) is 4.27. The van der Waals surface area contributed by atoms with Crippen LogP contribution in [-0.4, -0.2) is 43.4 Å². The van der Waals surface area contributed by atoms with Crippen molar-refractivity contribution in [3.05, 3.63) is 29.8 Å². The first-order valence-corrected chi connectivity index (χ1v) is 6.84. The second-order valence-electron chi connectivity index (χ2n) is 5.29. The van der Waals surface area contributed by atoms with Crippen molar-refractivity contribution >= 4 is 17.5 Å². The molecule has 0 saturated heterocycles. The number of carbonyl (C=O) groups excluding carboxylic acids is 2. The van der Waals surface area contributed by atoms with Crippen LogP contribution in [0.2, 0.25) is 0 Å². The lowest BCUT2D eigenvalue weighted by Gasteiger charge is -2.24. The van der Waals surface area contributed by atoms with E-state index in [0.717, 1.165) is 5.69 Å². The van der Waals surface area contributed by atoms with E-state index in [0.29, 0.717) is 13.0 Å². The van der Waals surface area contributed by atoms with E-state index in [9.17, 15) is 9.59 Å². The van der Waals surface area contributed by atoms with E-state index >= 15 is 0 Å². The summed E-state index contributed by atoms with van der Waals surface area (Å²) in [4.78, 5) is 25.5. The molecule has 1 aliphatic rings. The molecular weight excluding hydrogens is 254 g/mol. The van der Waals surface area contributed by atoms with Gasteiger partial charge in [-0.05, 0) is 11.6 Å². The topological polar surface area (TPSA) is 61.4 Å². The summed E-state index contributed by atoms with van der Waals surface area (Å²) >= 11 is 0. The van der Waals surface area contributed by atoms with Crippen molar-refractivity contribution in [2.45, 2.75) is 19.4 Å². The summed E-state index contributed by atoms with van der Waals surface area (Å²) in [7, 11) is 3.35. The fourth-order valence-electron chi connectivity index (χ4n) is 2.54. The highest BCUT2D eigenvalue weighted by Crippen LogP contribution is 2.25. The largest absolute Gasteiger partial charge is 0.373 e. The molecule has 1 heterocycles. The summed E-state index contributed by atoms with van der Waals surface area (Å²) < 4.78 is 0. The van der Waals surface area contributed by atoms with Crippen LogP contribution < -0.4 is 10.6 Å². The Morgan fingerprint density at radius 1 is 1.45 bits per heavy atom. The Morgan fingerprint density at radius 2 is 2.15 bits per heavy atom. The van der Waals surface area contributed by atoms with Gasteiger partial charge in [0, 0.05) is 32.7 Å². The maximum absolute atomic E-state index is 12.4. The zero-order valence-electron chi connectivity index (χ0n) is 12.1. The van der Waals surface area contributed by atoms with Crippen LogP contribution >= 0.6 is 0 Å².